The van der Waals surface area contributed by atoms with E-state index in [0.717, 1.165) is 11.4 Å². The average Bonchev–Trinajstić information content (AvgIpc) is 2.50. The van der Waals surface area contributed by atoms with E-state index >= 15 is 0 Å². The van der Waals surface area contributed by atoms with Crippen molar-refractivity contribution in [3.63, 3.8) is 0 Å². The monoisotopic (exact) mass is 298 g/mol. The van der Waals surface area contributed by atoms with Crippen LogP contribution in [0.5, 0.6) is 0 Å². The van der Waals surface area contributed by atoms with Gasteiger partial charge in [-0.2, -0.15) is 0 Å². The van der Waals surface area contributed by atoms with Crippen molar-refractivity contribution < 1.29 is 0 Å². The van der Waals surface area contributed by atoms with Gasteiger partial charge in [0.05, 0.1) is 17.4 Å². The number of aromatic nitrogens is 2. The summed E-state index contributed by atoms with van der Waals surface area (Å²) in [5.74, 6) is 0.776. The number of aryl methyl sites for hydroxylation is 1. The van der Waals surface area contributed by atoms with Crippen molar-refractivity contribution in [3.8, 4) is 0 Å². The number of hydrogen-bond acceptors (Lipinski definition) is 2. The molecule has 0 spiro atoms. The van der Waals surface area contributed by atoms with Crippen LogP contribution in [0, 0.1) is 0 Å². The predicted octanol–water partition coefficient (Wildman–Crippen LogP) is 3.66. The number of halogens is 1. The minimum Gasteiger partial charge on any atom is -0.292 e. The topological polar surface area (TPSA) is 34.9 Å². The number of nitrogens with zero attached hydrogens (tertiary/aromatic N) is 2. The van der Waals surface area contributed by atoms with Crippen LogP contribution >= 0.6 is 11.6 Å². The molecule has 106 valence electrons. The van der Waals surface area contributed by atoms with Crippen molar-refractivity contribution in [2.45, 2.75) is 19.9 Å². The summed E-state index contributed by atoms with van der Waals surface area (Å²) in [5, 5.41) is 1.20. The van der Waals surface area contributed by atoms with Crippen molar-refractivity contribution in [1.29, 1.82) is 0 Å². The third kappa shape index (κ3) is 2.69. The van der Waals surface area contributed by atoms with Gasteiger partial charge in [-0.05, 0) is 23.8 Å². The molecule has 21 heavy (non-hydrogen) atoms. The highest BCUT2D eigenvalue weighted by Gasteiger charge is 2.10. The molecule has 0 saturated heterocycles. The standard InChI is InChI=1S/C17H15ClN2O/c1-2-16-19-15-10-13(18)8-9-14(15)17(21)20(16)11-12-6-4-3-5-7-12/h3-10H,2,11H2,1H3. The fourth-order valence-corrected chi connectivity index (χ4v) is 2.61. The van der Waals surface area contributed by atoms with E-state index in [0.29, 0.717) is 28.9 Å². The van der Waals surface area contributed by atoms with E-state index in [1.54, 1.807) is 22.8 Å². The minimum absolute atomic E-state index is 0.0163. The molecule has 3 rings (SSSR count). The lowest BCUT2D eigenvalue weighted by Crippen LogP contribution is -2.25. The van der Waals surface area contributed by atoms with Gasteiger partial charge in [-0.3, -0.25) is 9.36 Å². The summed E-state index contributed by atoms with van der Waals surface area (Å²) in [4.78, 5) is 17.3. The van der Waals surface area contributed by atoms with Gasteiger partial charge in [0.2, 0.25) is 0 Å². The van der Waals surface area contributed by atoms with Crippen molar-refractivity contribution in [2.24, 2.45) is 0 Å². The highest BCUT2D eigenvalue weighted by Crippen LogP contribution is 2.16. The maximum absolute atomic E-state index is 12.7. The SMILES string of the molecule is CCc1nc2cc(Cl)ccc2c(=O)n1Cc1ccccc1. The quantitative estimate of drug-likeness (QED) is 0.739. The maximum Gasteiger partial charge on any atom is 0.261 e. The van der Waals surface area contributed by atoms with Gasteiger partial charge in [0.1, 0.15) is 5.82 Å². The highest BCUT2D eigenvalue weighted by atomic mass is 35.5. The fraction of sp³-hybridized carbons (Fsp3) is 0.176. The molecule has 1 heterocycles. The maximum atomic E-state index is 12.7. The first kappa shape index (κ1) is 13.8. The number of rotatable bonds is 3. The Labute approximate surface area is 127 Å². The van der Waals surface area contributed by atoms with Crippen LogP contribution < -0.4 is 5.56 Å². The van der Waals surface area contributed by atoms with Crippen LogP contribution in [0.2, 0.25) is 5.02 Å². The first-order chi connectivity index (χ1) is 10.2. The number of benzene rings is 2. The molecule has 3 nitrogen and oxygen atoms in total. The molecule has 0 saturated carbocycles. The Morgan fingerprint density at radius 2 is 1.90 bits per heavy atom. The van der Waals surface area contributed by atoms with E-state index in [2.05, 4.69) is 4.98 Å². The summed E-state index contributed by atoms with van der Waals surface area (Å²) >= 11 is 5.99. The predicted molar refractivity (Wildman–Crippen MR) is 85.9 cm³/mol. The van der Waals surface area contributed by atoms with Gasteiger partial charge in [-0.25, -0.2) is 4.98 Å². The van der Waals surface area contributed by atoms with Crippen molar-refractivity contribution in [1.82, 2.24) is 9.55 Å². The molecule has 0 aliphatic heterocycles. The minimum atomic E-state index is -0.0163. The molecular formula is C17H15ClN2O. The molecule has 0 unspecified atom stereocenters. The molecule has 0 atom stereocenters. The summed E-state index contributed by atoms with van der Waals surface area (Å²) < 4.78 is 1.74. The molecule has 0 fully saturated rings. The van der Waals surface area contributed by atoms with E-state index < -0.39 is 0 Å². The van der Waals surface area contributed by atoms with Crippen LogP contribution in [0.4, 0.5) is 0 Å². The molecule has 0 aliphatic carbocycles. The van der Waals surface area contributed by atoms with Gasteiger partial charge in [0.25, 0.3) is 5.56 Å². The lowest BCUT2D eigenvalue weighted by molar-refractivity contribution is 0.686. The largest absolute Gasteiger partial charge is 0.292 e. The first-order valence-corrected chi connectivity index (χ1v) is 7.29. The summed E-state index contributed by atoms with van der Waals surface area (Å²) in [5.41, 5.74) is 1.73. The fourth-order valence-electron chi connectivity index (χ4n) is 2.44. The van der Waals surface area contributed by atoms with Gasteiger partial charge >= 0.3 is 0 Å². The molecule has 0 bridgehead atoms. The van der Waals surface area contributed by atoms with Crippen molar-refractivity contribution in [2.75, 3.05) is 0 Å². The normalized spacial score (nSPS) is 11.0. The van der Waals surface area contributed by atoms with Crippen LogP contribution in [0.15, 0.2) is 53.3 Å². The molecular weight excluding hydrogens is 284 g/mol. The van der Waals surface area contributed by atoms with Crippen LogP contribution in [0.25, 0.3) is 10.9 Å². The summed E-state index contributed by atoms with van der Waals surface area (Å²) in [6.07, 6.45) is 0.699. The van der Waals surface area contributed by atoms with E-state index in [9.17, 15) is 4.79 Å². The molecule has 2 aromatic carbocycles. The zero-order valence-electron chi connectivity index (χ0n) is 11.7. The first-order valence-electron chi connectivity index (χ1n) is 6.92. The third-order valence-electron chi connectivity index (χ3n) is 3.50. The van der Waals surface area contributed by atoms with E-state index in [4.69, 9.17) is 11.6 Å². The summed E-state index contributed by atoms with van der Waals surface area (Å²) in [7, 11) is 0. The van der Waals surface area contributed by atoms with Crippen LogP contribution in [-0.4, -0.2) is 9.55 Å². The zero-order valence-corrected chi connectivity index (χ0v) is 12.5. The molecule has 3 aromatic rings. The Bertz CT molecular complexity index is 841. The molecule has 0 N–H and O–H groups in total. The van der Waals surface area contributed by atoms with Gasteiger partial charge in [0.15, 0.2) is 0 Å². The molecule has 1 aromatic heterocycles. The van der Waals surface area contributed by atoms with Crippen LogP contribution in [-0.2, 0) is 13.0 Å². The van der Waals surface area contributed by atoms with E-state index in [1.807, 2.05) is 37.3 Å². The summed E-state index contributed by atoms with van der Waals surface area (Å²) in [6, 6.07) is 15.1. The van der Waals surface area contributed by atoms with Gasteiger partial charge in [-0.15, -0.1) is 0 Å². The molecule has 0 amide bonds. The number of hydrogen-bond donors (Lipinski definition) is 0. The second kappa shape index (κ2) is 5.70. The Morgan fingerprint density at radius 3 is 2.62 bits per heavy atom. The van der Waals surface area contributed by atoms with Gasteiger partial charge in [-0.1, -0.05) is 48.9 Å². The van der Waals surface area contributed by atoms with Crippen molar-refractivity contribution in [3.05, 3.63) is 75.3 Å². The van der Waals surface area contributed by atoms with Crippen LogP contribution in [0.1, 0.15) is 18.3 Å². The lowest BCUT2D eigenvalue weighted by Gasteiger charge is -2.12. The van der Waals surface area contributed by atoms with Crippen LogP contribution in [0.3, 0.4) is 0 Å². The molecule has 0 radical (unpaired) electrons. The Kier molecular flexibility index (Phi) is 3.76. The lowest BCUT2D eigenvalue weighted by atomic mass is 10.2. The van der Waals surface area contributed by atoms with E-state index in [-0.39, 0.29) is 5.56 Å². The second-order valence-corrected chi connectivity index (χ2v) is 5.36. The number of fused-ring (bicyclic) bond motifs is 1. The van der Waals surface area contributed by atoms with Gasteiger partial charge < -0.3 is 0 Å². The smallest absolute Gasteiger partial charge is 0.261 e. The van der Waals surface area contributed by atoms with Crippen molar-refractivity contribution >= 4 is 22.5 Å². The highest BCUT2D eigenvalue weighted by molar-refractivity contribution is 6.31. The van der Waals surface area contributed by atoms with E-state index in [1.165, 1.54) is 0 Å². The molecule has 0 aliphatic rings. The Hall–Kier alpha value is -2.13. The second-order valence-electron chi connectivity index (χ2n) is 4.92. The Balaban J connectivity index is 2.19. The summed E-state index contributed by atoms with van der Waals surface area (Å²) in [6.45, 7) is 2.54. The zero-order chi connectivity index (χ0) is 14.8. The average molecular weight is 299 g/mol. The third-order valence-corrected chi connectivity index (χ3v) is 3.73. The Morgan fingerprint density at radius 1 is 1.14 bits per heavy atom. The molecule has 4 heteroatoms. The van der Waals surface area contributed by atoms with Gasteiger partial charge in [0, 0.05) is 11.4 Å².